The van der Waals surface area contributed by atoms with E-state index in [-0.39, 0.29) is 6.42 Å². The van der Waals surface area contributed by atoms with Crippen LogP contribution in [-0.2, 0) is 10.2 Å². The van der Waals surface area contributed by atoms with Crippen molar-refractivity contribution in [1.29, 1.82) is 0 Å². The minimum atomic E-state index is -4.50. The van der Waals surface area contributed by atoms with Gasteiger partial charge in [-0.1, -0.05) is 24.3 Å². The highest BCUT2D eigenvalue weighted by molar-refractivity contribution is 6.11. The Labute approximate surface area is 167 Å². The van der Waals surface area contributed by atoms with Crippen LogP contribution < -0.4 is 14.4 Å². The normalized spacial score (nSPS) is 22.3. The predicted molar refractivity (Wildman–Crippen MR) is 103 cm³/mol. The fourth-order valence-corrected chi connectivity index (χ4v) is 4.56. The Morgan fingerprint density at radius 3 is 2.55 bits per heavy atom. The van der Waals surface area contributed by atoms with Crippen LogP contribution in [0, 0.1) is 0 Å². The topological polar surface area (TPSA) is 38.8 Å². The van der Waals surface area contributed by atoms with E-state index in [1.54, 1.807) is 42.5 Å². The van der Waals surface area contributed by atoms with Gasteiger partial charge in [-0.25, -0.2) is 0 Å². The Morgan fingerprint density at radius 1 is 1.14 bits per heavy atom. The smallest absolute Gasteiger partial charge is 0.406 e. The van der Waals surface area contributed by atoms with Gasteiger partial charge in [0.15, 0.2) is 0 Å². The van der Waals surface area contributed by atoms with Crippen molar-refractivity contribution in [3.63, 3.8) is 0 Å². The van der Waals surface area contributed by atoms with Gasteiger partial charge in [-0.2, -0.15) is 13.2 Å². The first-order valence-corrected chi connectivity index (χ1v) is 9.52. The summed E-state index contributed by atoms with van der Waals surface area (Å²) < 4.78 is 51.5. The molecule has 0 aromatic heterocycles. The number of benzene rings is 2. The van der Waals surface area contributed by atoms with E-state index in [4.69, 9.17) is 9.47 Å². The molecule has 2 aliphatic heterocycles. The number of fused-ring (bicyclic) bond motifs is 4. The summed E-state index contributed by atoms with van der Waals surface area (Å²) in [5, 5.41) is 0. The summed E-state index contributed by atoms with van der Waals surface area (Å²) in [4.78, 5) is 14.5. The first kappa shape index (κ1) is 19.6. The summed E-state index contributed by atoms with van der Waals surface area (Å²) in [5.74, 6) is 0.479. The van der Waals surface area contributed by atoms with E-state index in [1.165, 1.54) is 0 Å². The maximum atomic E-state index is 13.6. The van der Waals surface area contributed by atoms with E-state index in [0.717, 1.165) is 4.90 Å². The molecule has 7 heteroatoms. The number of hydrogen-bond donors (Lipinski definition) is 0. The molecule has 1 unspecified atom stereocenters. The second-order valence-corrected chi connectivity index (χ2v) is 8.06. The Hall–Kier alpha value is -2.70. The number of anilines is 1. The van der Waals surface area contributed by atoms with E-state index < -0.39 is 29.6 Å². The molecular formula is C22H22F3NO3. The molecule has 0 aliphatic carbocycles. The third-order valence-electron chi connectivity index (χ3n) is 5.40. The molecule has 1 amide bonds. The van der Waals surface area contributed by atoms with Crippen molar-refractivity contribution in [2.75, 3.05) is 18.1 Å². The molecule has 1 atom stereocenters. The maximum Gasteiger partial charge on any atom is 0.406 e. The maximum absolute atomic E-state index is 13.6. The summed E-state index contributed by atoms with van der Waals surface area (Å²) in [6, 6.07) is 11.9. The zero-order valence-electron chi connectivity index (χ0n) is 16.5. The number of carbonyl (C=O) groups is 1. The van der Waals surface area contributed by atoms with Crippen LogP contribution in [0.3, 0.4) is 0 Å². The molecule has 0 radical (unpaired) electrons. The Bertz CT molecular complexity index is 970. The molecule has 4 nitrogen and oxygen atoms in total. The summed E-state index contributed by atoms with van der Waals surface area (Å²) in [6.45, 7) is 4.69. The van der Waals surface area contributed by atoms with E-state index >= 15 is 0 Å². The van der Waals surface area contributed by atoms with Gasteiger partial charge in [-0.15, -0.1) is 0 Å². The largest absolute Gasteiger partial charge is 0.494 e. The van der Waals surface area contributed by atoms with Gasteiger partial charge in [0, 0.05) is 23.7 Å². The number of para-hydroxylation sites is 1. The second-order valence-electron chi connectivity index (χ2n) is 8.06. The molecular weight excluding hydrogens is 383 g/mol. The van der Waals surface area contributed by atoms with Gasteiger partial charge in [-0.3, -0.25) is 4.79 Å². The first-order valence-electron chi connectivity index (χ1n) is 9.52. The van der Waals surface area contributed by atoms with Gasteiger partial charge >= 0.3 is 6.18 Å². The number of carbonyl (C=O) groups excluding carboxylic acids is 1. The van der Waals surface area contributed by atoms with Crippen molar-refractivity contribution in [3.8, 4) is 11.5 Å². The Kier molecular flexibility index (Phi) is 4.33. The summed E-state index contributed by atoms with van der Waals surface area (Å²) >= 11 is 0. The lowest BCUT2D eigenvalue weighted by molar-refractivity contribution is -0.135. The minimum Gasteiger partial charge on any atom is -0.494 e. The van der Waals surface area contributed by atoms with Crippen molar-refractivity contribution < 1.29 is 27.4 Å². The summed E-state index contributed by atoms with van der Waals surface area (Å²) in [6.07, 6.45) is -4.26. The Morgan fingerprint density at radius 2 is 1.86 bits per heavy atom. The van der Waals surface area contributed by atoms with Crippen LogP contribution in [0.2, 0.25) is 0 Å². The van der Waals surface area contributed by atoms with E-state index in [2.05, 4.69) is 0 Å². The molecule has 2 aliphatic rings. The molecule has 2 aromatic carbocycles. The molecule has 4 rings (SSSR count). The summed E-state index contributed by atoms with van der Waals surface area (Å²) in [5.41, 5.74) is -0.538. The molecule has 154 valence electrons. The average molecular weight is 405 g/mol. The highest BCUT2D eigenvalue weighted by atomic mass is 19.4. The molecule has 29 heavy (non-hydrogen) atoms. The van der Waals surface area contributed by atoms with Crippen LogP contribution in [0.15, 0.2) is 42.5 Å². The lowest BCUT2D eigenvalue weighted by Gasteiger charge is -2.43. The number of nitrogens with zero attached hydrogens (tertiary/aromatic N) is 1. The van der Waals surface area contributed by atoms with Gasteiger partial charge in [0.2, 0.25) is 5.91 Å². The van der Waals surface area contributed by atoms with E-state index in [9.17, 15) is 18.0 Å². The third-order valence-corrected chi connectivity index (χ3v) is 5.40. The molecule has 1 spiro atoms. The highest BCUT2D eigenvalue weighted by Gasteiger charge is 2.59. The quantitative estimate of drug-likeness (QED) is 0.734. The molecule has 0 fully saturated rings. The van der Waals surface area contributed by atoms with Crippen molar-refractivity contribution >= 4 is 11.6 Å². The van der Waals surface area contributed by atoms with Gasteiger partial charge in [-0.05, 0) is 38.5 Å². The zero-order chi connectivity index (χ0) is 21.0. The summed E-state index contributed by atoms with van der Waals surface area (Å²) in [7, 11) is 0. The SMILES string of the molecule is CCOc1ccc2c(c1)OC(C)(C)CC21C(=O)N(CC(F)(F)F)c2ccccc21. The minimum absolute atomic E-state index is 0.241. The molecule has 2 aromatic rings. The van der Waals surface area contributed by atoms with E-state index in [0.29, 0.717) is 34.9 Å². The van der Waals surface area contributed by atoms with Crippen LogP contribution in [-0.4, -0.2) is 30.8 Å². The third kappa shape index (κ3) is 3.12. The lowest BCUT2D eigenvalue weighted by atomic mass is 9.67. The fourth-order valence-electron chi connectivity index (χ4n) is 4.56. The molecule has 0 bridgehead atoms. The number of alkyl halides is 3. The van der Waals surface area contributed by atoms with E-state index in [1.807, 2.05) is 20.8 Å². The predicted octanol–water partition coefficient (Wildman–Crippen LogP) is 4.84. The van der Waals surface area contributed by atoms with Gasteiger partial charge in [0.25, 0.3) is 0 Å². The molecule has 0 N–H and O–H groups in total. The van der Waals surface area contributed by atoms with Crippen LogP contribution in [0.25, 0.3) is 0 Å². The zero-order valence-corrected chi connectivity index (χ0v) is 16.5. The standard InChI is InChI=1S/C22H22F3NO3/c1-4-28-14-9-10-16-18(11-14)29-20(2,3)12-21(16)15-7-5-6-8-17(15)26(19(21)27)13-22(23,24)25/h5-11H,4,12-13H2,1-3H3. The van der Waals surface area contributed by atoms with Crippen molar-refractivity contribution in [2.45, 2.75) is 44.4 Å². The number of halogens is 3. The highest BCUT2D eigenvalue weighted by Crippen LogP contribution is 2.56. The lowest BCUT2D eigenvalue weighted by Crippen LogP contribution is -2.51. The molecule has 2 heterocycles. The van der Waals surface area contributed by atoms with Crippen molar-refractivity contribution in [3.05, 3.63) is 53.6 Å². The molecule has 0 saturated heterocycles. The van der Waals surface area contributed by atoms with Crippen LogP contribution in [0.1, 0.15) is 38.3 Å². The van der Waals surface area contributed by atoms with Crippen LogP contribution in [0.4, 0.5) is 18.9 Å². The van der Waals surface area contributed by atoms with Crippen LogP contribution >= 0.6 is 0 Å². The average Bonchev–Trinajstić information content (AvgIpc) is 2.83. The number of rotatable bonds is 3. The monoisotopic (exact) mass is 405 g/mol. The number of amides is 1. The fraction of sp³-hybridized carbons (Fsp3) is 0.409. The van der Waals surface area contributed by atoms with Gasteiger partial charge in [0.05, 0.1) is 6.61 Å². The Balaban J connectivity index is 1.94. The first-order chi connectivity index (χ1) is 13.6. The van der Waals surface area contributed by atoms with Crippen LogP contribution in [0.5, 0.6) is 11.5 Å². The van der Waals surface area contributed by atoms with Gasteiger partial charge in [0.1, 0.15) is 29.1 Å². The second kappa shape index (κ2) is 6.40. The number of ether oxygens (including phenoxy) is 2. The number of hydrogen-bond acceptors (Lipinski definition) is 3. The van der Waals surface area contributed by atoms with Gasteiger partial charge < -0.3 is 14.4 Å². The molecule has 0 saturated carbocycles. The van der Waals surface area contributed by atoms with Crippen molar-refractivity contribution in [2.24, 2.45) is 0 Å². The van der Waals surface area contributed by atoms with Crippen molar-refractivity contribution in [1.82, 2.24) is 0 Å².